The van der Waals surface area contributed by atoms with Crippen molar-refractivity contribution in [1.82, 2.24) is 0 Å². The summed E-state index contributed by atoms with van der Waals surface area (Å²) >= 11 is 0. The molecule has 0 spiro atoms. The van der Waals surface area contributed by atoms with E-state index in [-0.39, 0.29) is 0 Å². The fraction of sp³-hybridized carbons (Fsp3) is 0.0345. The third-order valence-corrected chi connectivity index (χ3v) is 11.3. The highest BCUT2D eigenvalue weighted by Gasteiger charge is 2.26. The van der Waals surface area contributed by atoms with E-state index in [0.717, 1.165) is 77.6 Å². The van der Waals surface area contributed by atoms with Crippen LogP contribution in [0.3, 0.4) is 0 Å². The lowest BCUT2D eigenvalue weighted by molar-refractivity contribution is 0.305. The van der Waals surface area contributed by atoms with Gasteiger partial charge in [-0.2, -0.15) is 0 Å². The molecular formula is C58H42O2. The van der Waals surface area contributed by atoms with Crippen molar-refractivity contribution in [3.8, 4) is 67.1 Å². The monoisotopic (exact) mass is 770 g/mol. The fourth-order valence-electron chi connectivity index (χ4n) is 8.29. The smallest absolute Gasteiger partial charge is 0.136 e. The molecule has 0 aliphatic heterocycles. The molecule has 10 aromatic rings. The first kappa shape index (κ1) is 36.6. The summed E-state index contributed by atoms with van der Waals surface area (Å²) in [4.78, 5) is 0. The molecule has 0 unspecified atom stereocenters. The SMILES string of the molecule is c1ccc(COc2c(-c3ccc(-c4ccccc4)cc3)cc3ccccc3c2-c2c(OCc3ccccc3)c(-c3ccc(-c4ccccc4)cc3)cc3ccccc23)cc1. The van der Waals surface area contributed by atoms with E-state index in [1.165, 1.54) is 22.3 Å². The summed E-state index contributed by atoms with van der Waals surface area (Å²) in [6.07, 6.45) is 0. The Morgan fingerprint density at radius 2 is 0.567 bits per heavy atom. The van der Waals surface area contributed by atoms with Gasteiger partial charge in [0.05, 0.1) is 0 Å². The van der Waals surface area contributed by atoms with Crippen LogP contribution >= 0.6 is 0 Å². The molecule has 0 fully saturated rings. The molecule has 0 bridgehead atoms. The summed E-state index contributed by atoms with van der Waals surface area (Å²) in [5, 5.41) is 4.43. The van der Waals surface area contributed by atoms with Crippen molar-refractivity contribution >= 4 is 21.5 Å². The number of ether oxygens (including phenoxy) is 2. The second-order valence-electron chi connectivity index (χ2n) is 15.1. The van der Waals surface area contributed by atoms with Crippen LogP contribution in [0, 0.1) is 0 Å². The number of fused-ring (bicyclic) bond motifs is 2. The molecule has 0 aliphatic rings. The summed E-state index contributed by atoms with van der Waals surface area (Å²) in [5.41, 5.74) is 13.1. The fourth-order valence-corrected chi connectivity index (χ4v) is 8.29. The van der Waals surface area contributed by atoms with Crippen molar-refractivity contribution in [2.24, 2.45) is 0 Å². The Balaban J connectivity index is 1.25. The van der Waals surface area contributed by atoms with Gasteiger partial charge in [0, 0.05) is 22.3 Å². The van der Waals surface area contributed by atoms with Crippen LogP contribution in [0.1, 0.15) is 11.1 Å². The zero-order valence-electron chi connectivity index (χ0n) is 33.2. The van der Waals surface area contributed by atoms with E-state index in [1.54, 1.807) is 0 Å². The average molecular weight is 771 g/mol. The standard InChI is InChI=1S/C58H42O2/c1-5-17-41(18-6-1)39-59-57-53(47-33-29-45(30-34-47)43-21-9-3-10-22-43)37-49-25-13-15-27-51(49)55(57)56-52-28-16-14-26-50(52)38-54(58(56)60-40-42-19-7-2-8-20-42)48-35-31-46(32-36-48)44-23-11-4-12-24-44/h1-38H,39-40H2. The van der Waals surface area contributed by atoms with Gasteiger partial charge in [0.2, 0.25) is 0 Å². The number of benzene rings is 10. The Bertz CT molecular complexity index is 2820. The van der Waals surface area contributed by atoms with E-state index >= 15 is 0 Å². The lowest BCUT2D eigenvalue weighted by Gasteiger charge is -2.24. The van der Waals surface area contributed by atoms with Gasteiger partial charge < -0.3 is 9.47 Å². The second kappa shape index (κ2) is 16.7. The summed E-state index contributed by atoms with van der Waals surface area (Å²) in [6, 6.07) is 81.6. The minimum atomic E-state index is 0.403. The summed E-state index contributed by atoms with van der Waals surface area (Å²) < 4.78 is 14.4. The maximum Gasteiger partial charge on any atom is 0.136 e. The largest absolute Gasteiger partial charge is 0.488 e. The Labute approximate surface area is 351 Å². The Morgan fingerprint density at radius 3 is 0.950 bits per heavy atom. The van der Waals surface area contributed by atoms with Crippen LogP contribution in [0.4, 0.5) is 0 Å². The van der Waals surface area contributed by atoms with E-state index in [2.05, 4.69) is 218 Å². The van der Waals surface area contributed by atoms with Crippen LogP contribution in [-0.4, -0.2) is 0 Å². The van der Waals surface area contributed by atoms with E-state index in [4.69, 9.17) is 9.47 Å². The molecule has 0 saturated heterocycles. The maximum absolute atomic E-state index is 7.21. The van der Waals surface area contributed by atoms with Gasteiger partial charge in [-0.25, -0.2) is 0 Å². The predicted molar refractivity (Wildman–Crippen MR) is 250 cm³/mol. The van der Waals surface area contributed by atoms with Gasteiger partial charge in [0.25, 0.3) is 0 Å². The van der Waals surface area contributed by atoms with Crippen LogP contribution in [0.2, 0.25) is 0 Å². The van der Waals surface area contributed by atoms with Gasteiger partial charge in [-0.1, -0.05) is 218 Å². The Hall–Kier alpha value is -7.68. The van der Waals surface area contributed by atoms with Crippen molar-refractivity contribution in [1.29, 1.82) is 0 Å². The predicted octanol–water partition coefficient (Wildman–Crippen LogP) is 15.5. The minimum absolute atomic E-state index is 0.403. The third kappa shape index (κ3) is 7.43. The summed E-state index contributed by atoms with van der Waals surface area (Å²) in [7, 11) is 0. The summed E-state index contributed by atoms with van der Waals surface area (Å²) in [5.74, 6) is 1.63. The minimum Gasteiger partial charge on any atom is -0.488 e. The van der Waals surface area contributed by atoms with E-state index < -0.39 is 0 Å². The van der Waals surface area contributed by atoms with Crippen molar-refractivity contribution in [2.45, 2.75) is 13.2 Å². The van der Waals surface area contributed by atoms with Crippen LogP contribution in [-0.2, 0) is 13.2 Å². The van der Waals surface area contributed by atoms with Crippen LogP contribution < -0.4 is 9.47 Å². The molecule has 286 valence electrons. The first-order valence-corrected chi connectivity index (χ1v) is 20.5. The molecular weight excluding hydrogens is 729 g/mol. The lowest BCUT2D eigenvalue weighted by Crippen LogP contribution is -2.04. The molecule has 0 amide bonds. The normalized spacial score (nSPS) is 11.1. The highest BCUT2D eigenvalue weighted by Crippen LogP contribution is 2.53. The first-order valence-electron chi connectivity index (χ1n) is 20.5. The highest BCUT2D eigenvalue weighted by atomic mass is 16.5. The second-order valence-corrected chi connectivity index (χ2v) is 15.1. The summed E-state index contributed by atoms with van der Waals surface area (Å²) in [6.45, 7) is 0.806. The number of hydrogen-bond donors (Lipinski definition) is 0. The number of rotatable bonds is 11. The van der Waals surface area contributed by atoms with Crippen LogP contribution in [0.5, 0.6) is 11.5 Å². The van der Waals surface area contributed by atoms with Gasteiger partial charge in [0.15, 0.2) is 0 Å². The van der Waals surface area contributed by atoms with Gasteiger partial charge in [0.1, 0.15) is 24.7 Å². The molecule has 0 atom stereocenters. The average Bonchev–Trinajstić information content (AvgIpc) is 3.33. The molecule has 0 radical (unpaired) electrons. The van der Waals surface area contributed by atoms with Crippen LogP contribution in [0.15, 0.2) is 231 Å². The molecule has 60 heavy (non-hydrogen) atoms. The van der Waals surface area contributed by atoms with Gasteiger partial charge >= 0.3 is 0 Å². The van der Waals surface area contributed by atoms with Crippen molar-refractivity contribution in [3.63, 3.8) is 0 Å². The molecule has 2 nitrogen and oxygen atoms in total. The molecule has 0 aliphatic carbocycles. The quantitative estimate of drug-likeness (QED) is 0.130. The van der Waals surface area contributed by atoms with Gasteiger partial charge in [-0.3, -0.25) is 0 Å². The lowest BCUT2D eigenvalue weighted by atomic mass is 9.86. The number of hydrogen-bond acceptors (Lipinski definition) is 2. The highest BCUT2D eigenvalue weighted by molar-refractivity contribution is 6.14. The zero-order chi connectivity index (χ0) is 40.1. The van der Waals surface area contributed by atoms with Gasteiger partial charge in [-0.05, 0) is 78.2 Å². The molecule has 0 saturated carbocycles. The Morgan fingerprint density at radius 1 is 0.267 bits per heavy atom. The Kier molecular flexibility index (Phi) is 10.2. The van der Waals surface area contributed by atoms with E-state index in [9.17, 15) is 0 Å². The van der Waals surface area contributed by atoms with E-state index in [0.29, 0.717) is 13.2 Å². The van der Waals surface area contributed by atoms with Crippen LogP contribution in [0.25, 0.3) is 77.2 Å². The molecule has 0 aromatic heterocycles. The zero-order valence-corrected chi connectivity index (χ0v) is 33.2. The van der Waals surface area contributed by atoms with E-state index in [1.807, 2.05) is 12.1 Å². The van der Waals surface area contributed by atoms with Gasteiger partial charge in [-0.15, -0.1) is 0 Å². The molecule has 0 heterocycles. The van der Waals surface area contributed by atoms with Crippen molar-refractivity contribution < 1.29 is 9.47 Å². The first-order chi connectivity index (χ1) is 29.8. The van der Waals surface area contributed by atoms with Crippen molar-refractivity contribution in [3.05, 3.63) is 242 Å². The molecule has 10 aromatic carbocycles. The van der Waals surface area contributed by atoms with Crippen molar-refractivity contribution in [2.75, 3.05) is 0 Å². The molecule has 2 heteroatoms. The maximum atomic E-state index is 7.21. The topological polar surface area (TPSA) is 18.5 Å². The molecule has 0 N–H and O–H groups in total. The molecule has 10 rings (SSSR count). The third-order valence-electron chi connectivity index (χ3n) is 11.3.